The number of nitrogens with zero attached hydrogens (tertiary/aromatic N) is 1. The van der Waals surface area contributed by atoms with Gasteiger partial charge in [0.1, 0.15) is 10.6 Å². The van der Waals surface area contributed by atoms with Gasteiger partial charge < -0.3 is 4.74 Å². The van der Waals surface area contributed by atoms with Gasteiger partial charge in [-0.25, -0.2) is 4.98 Å². The highest BCUT2D eigenvalue weighted by atomic mass is 32.1. The first-order valence-electron chi connectivity index (χ1n) is 6.11. The van der Waals surface area contributed by atoms with Gasteiger partial charge in [0.15, 0.2) is 5.78 Å². The minimum absolute atomic E-state index is 0.172. The van der Waals surface area contributed by atoms with Crippen LogP contribution in [-0.2, 0) is 16.0 Å². The van der Waals surface area contributed by atoms with Crippen molar-refractivity contribution in [3.05, 3.63) is 15.6 Å². The second-order valence-electron chi connectivity index (χ2n) is 4.89. The molecule has 0 spiro atoms. The SMILES string of the molecule is Cc1nc(CC(=O)C2(C)CCCCO2)sc1C. The number of Topliss-reactive ketones (excluding diaryl/α,β-unsaturated/α-hetero) is 1. The fourth-order valence-corrected chi connectivity index (χ4v) is 3.03. The Morgan fingerprint density at radius 3 is 2.76 bits per heavy atom. The monoisotopic (exact) mass is 253 g/mol. The number of hydrogen-bond acceptors (Lipinski definition) is 4. The lowest BCUT2D eigenvalue weighted by Crippen LogP contribution is -2.42. The van der Waals surface area contributed by atoms with E-state index in [-0.39, 0.29) is 5.78 Å². The summed E-state index contributed by atoms with van der Waals surface area (Å²) in [7, 11) is 0. The normalized spacial score (nSPS) is 24.9. The van der Waals surface area contributed by atoms with E-state index in [4.69, 9.17) is 4.74 Å². The van der Waals surface area contributed by atoms with Crippen LogP contribution >= 0.6 is 11.3 Å². The molecule has 0 bridgehead atoms. The number of hydrogen-bond donors (Lipinski definition) is 0. The largest absolute Gasteiger partial charge is 0.367 e. The second-order valence-corrected chi connectivity index (χ2v) is 6.17. The molecule has 0 amide bonds. The Labute approximate surface area is 106 Å². The number of ketones is 1. The van der Waals surface area contributed by atoms with Gasteiger partial charge in [0.2, 0.25) is 0 Å². The van der Waals surface area contributed by atoms with Gasteiger partial charge in [-0.05, 0) is 40.0 Å². The van der Waals surface area contributed by atoms with Gasteiger partial charge in [-0.1, -0.05) is 0 Å². The van der Waals surface area contributed by atoms with Gasteiger partial charge in [-0.3, -0.25) is 4.79 Å². The second kappa shape index (κ2) is 4.86. The van der Waals surface area contributed by atoms with Crippen LogP contribution in [0.15, 0.2) is 0 Å². The van der Waals surface area contributed by atoms with Crippen LogP contribution < -0.4 is 0 Å². The average molecular weight is 253 g/mol. The van der Waals surface area contributed by atoms with Crippen molar-refractivity contribution < 1.29 is 9.53 Å². The maximum absolute atomic E-state index is 12.3. The van der Waals surface area contributed by atoms with E-state index in [0.717, 1.165) is 30.0 Å². The fourth-order valence-electron chi connectivity index (χ4n) is 2.09. The quantitative estimate of drug-likeness (QED) is 0.831. The molecule has 17 heavy (non-hydrogen) atoms. The molecule has 0 aromatic carbocycles. The van der Waals surface area contributed by atoms with Gasteiger partial charge in [0.25, 0.3) is 0 Å². The molecular formula is C13H19NO2S. The predicted molar refractivity (Wildman–Crippen MR) is 68.5 cm³/mol. The fraction of sp³-hybridized carbons (Fsp3) is 0.692. The van der Waals surface area contributed by atoms with E-state index in [9.17, 15) is 4.79 Å². The topological polar surface area (TPSA) is 39.2 Å². The molecule has 4 heteroatoms. The molecule has 1 saturated heterocycles. The summed E-state index contributed by atoms with van der Waals surface area (Å²) in [5.74, 6) is 0.172. The summed E-state index contributed by atoms with van der Waals surface area (Å²) < 4.78 is 5.66. The first-order valence-corrected chi connectivity index (χ1v) is 6.93. The van der Waals surface area contributed by atoms with Crippen molar-refractivity contribution in [1.29, 1.82) is 0 Å². The van der Waals surface area contributed by atoms with Gasteiger partial charge >= 0.3 is 0 Å². The Balaban J connectivity index is 2.05. The molecule has 1 atom stereocenters. The van der Waals surface area contributed by atoms with Gasteiger partial charge in [0, 0.05) is 11.5 Å². The van der Waals surface area contributed by atoms with Crippen LogP contribution in [0.4, 0.5) is 0 Å². The number of aromatic nitrogens is 1. The molecular weight excluding hydrogens is 234 g/mol. The smallest absolute Gasteiger partial charge is 0.171 e. The van der Waals surface area contributed by atoms with Crippen molar-refractivity contribution in [3.8, 4) is 0 Å². The predicted octanol–water partition coefficient (Wildman–Crippen LogP) is 2.83. The third-order valence-electron chi connectivity index (χ3n) is 3.44. The highest BCUT2D eigenvalue weighted by molar-refractivity contribution is 7.11. The summed E-state index contributed by atoms with van der Waals surface area (Å²) in [4.78, 5) is 17.9. The number of rotatable bonds is 3. The molecule has 0 N–H and O–H groups in total. The highest BCUT2D eigenvalue weighted by Gasteiger charge is 2.35. The third-order valence-corrected chi connectivity index (χ3v) is 4.52. The molecule has 1 fully saturated rings. The van der Waals surface area contributed by atoms with E-state index in [1.54, 1.807) is 11.3 Å². The lowest BCUT2D eigenvalue weighted by Gasteiger charge is -2.32. The number of carbonyl (C=O) groups is 1. The lowest BCUT2D eigenvalue weighted by molar-refractivity contribution is -0.147. The van der Waals surface area contributed by atoms with Crippen LogP contribution in [0.25, 0.3) is 0 Å². The molecule has 1 unspecified atom stereocenters. The van der Waals surface area contributed by atoms with Crippen molar-refractivity contribution >= 4 is 17.1 Å². The molecule has 1 aromatic heterocycles. The molecule has 0 radical (unpaired) electrons. The molecule has 0 aliphatic carbocycles. The number of aryl methyl sites for hydroxylation is 2. The summed E-state index contributed by atoms with van der Waals surface area (Å²) in [6, 6.07) is 0. The molecule has 1 aliphatic heterocycles. The highest BCUT2D eigenvalue weighted by Crippen LogP contribution is 2.27. The molecule has 1 aromatic rings. The Morgan fingerprint density at radius 1 is 1.47 bits per heavy atom. The van der Waals surface area contributed by atoms with Crippen LogP contribution in [-0.4, -0.2) is 23.0 Å². The van der Waals surface area contributed by atoms with E-state index in [0.29, 0.717) is 13.0 Å². The average Bonchev–Trinajstić information content (AvgIpc) is 2.59. The van der Waals surface area contributed by atoms with E-state index in [2.05, 4.69) is 4.98 Å². The first kappa shape index (κ1) is 12.7. The standard InChI is InChI=1S/C13H19NO2S/c1-9-10(2)17-12(14-9)8-11(15)13(3)6-4-5-7-16-13/h4-8H2,1-3H3. The Bertz CT molecular complexity index is 400. The van der Waals surface area contributed by atoms with Crippen molar-refractivity contribution in [1.82, 2.24) is 4.98 Å². The zero-order valence-electron chi connectivity index (χ0n) is 10.7. The summed E-state index contributed by atoms with van der Waals surface area (Å²) in [6.07, 6.45) is 3.40. The van der Waals surface area contributed by atoms with Crippen LogP contribution in [0.2, 0.25) is 0 Å². The molecule has 3 nitrogen and oxygen atoms in total. The number of ether oxygens (including phenoxy) is 1. The van der Waals surface area contributed by atoms with Crippen molar-refractivity contribution in [2.75, 3.05) is 6.61 Å². The van der Waals surface area contributed by atoms with Crippen molar-refractivity contribution in [2.24, 2.45) is 0 Å². The summed E-state index contributed by atoms with van der Waals surface area (Å²) in [6.45, 7) is 6.65. The number of thiazole rings is 1. The van der Waals surface area contributed by atoms with Gasteiger partial charge in [0.05, 0.1) is 12.1 Å². The first-order chi connectivity index (χ1) is 8.01. The van der Waals surface area contributed by atoms with Crippen molar-refractivity contribution in [3.63, 3.8) is 0 Å². The van der Waals surface area contributed by atoms with Gasteiger partial charge in [-0.15, -0.1) is 11.3 Å². The molecule has 94 valence electrons. The van der Waals surface area contributed by atoms with E-state index < -0.39 is 5.60 Å². The minimum Gasteiger partial charge on any atom is -0.367 e. The maximum Gasteiger partial charge on any atom is 0.171 e. The molecule has 1 aliphatic rings. The van der Waals surface area contributed by atoms with Crippen LogP contribution in [0.3, 0.4) is 0 Å². The summed E-state index contributed by atoms with van der Waals surface area (Å²) in [5.41, 5.74) is 0.457. The molecule has 2 heterocycles. The minimum atomic E-state index is -0.578. The Morgan fingerprint density at radius 2 is 2.24 bits per heavy atom. The molecule has 2 rings (SSSR count). The third kappa shape index (κ3) is 2.75. The maximum atomic E-state index is 12.3. The van der Waals surface area contributed by atoms with Crippen molar-refractivity contribution in [2.45, 2.75) is 52.1 Å². The van der Waals surface area contributed by atoms with E-state index in [1.807, 2.05) is 20.8 Å². The van der Waals surface area contributed by atoms with E-state index in [1.165, 1.54) is 4.88 Å². The van der Waals surface area contributed by atoms with E-state index >= 15 is 0 Å². The zero-order valence-corrected chi connectivity index (χ0v) is 11.5. The summed E-state index contributed by atoms with van der Waals surface area (Å²) in [5, 5.41) is 0.917. The Hall–Kier alpha value is -0.740. The Kier molecular flexibility index (Phi) is 3.64. The molecule has 0 saturated carbocycles. The van der Waals surface area contributed by atoms with Crippen LogP contribution in [0, 0.1) is 13.8 Å². The number of carbonyl (C=O) groups excluding carboxylic acids is 1. The van der Waals surface area contributed by atoms with Crippen LogP contribution in [0.1, 0.15) is 41.8 Å². The lowest BCUT2D eigenvalue weighted by atomic mass is 9.90. The van der Waals surface area contributed by atoms with Gasteiger partial charge in [-0.2, -0.15) is 0 Å². The summed E-state index contributed by atoms with van der Waals surface area (Å²) >= 11 is 1.62. The van der Waals surface area contributed by atoms with Crippen LogP contribution in [0.5, 0.6) is 0 Å². The zero-order chi connectivity index (χ0) is 12.5.